The molecule has 0 fully saturated rings. The van der Waals surface area contributed by atoms with E-state index in [1.165, 1.54) is 62.9 Å². The van der Waals surface area contributed by atoms with Crippen molar-refractivity contribution in [3.8, 4) is 0 Å². The number of rotatable bonds is 13. The Hall–Kier alpha value is 0.660. The van der Waals surface area contributed by atoms with Crippen molar-refractivity contribution < 1.29 is 5.11 Å². The van der Waals surface area contributed by atoms with E-state index in [1.807, 2.05) is 21.6 Å². The topological polar surface area (TPSA) is 20.2 Å². The Kier molecular flexibility index (Phi) is 14.1. The van der Waals surface area contributed by atoms with Crippen LogP contribution in [0.1, 0.15) is 78.6 Å². The minimum atomic E-state index is 0.358. The molecular weight excluding hydrogens is 272 g/mol. The van der Waals surface area contributed by atoms with Crippen molar-refractivity contribution in [3.05, 3.63) is 0 Å². The maximum Gasteiger partial charge on any atom is 0.0431 e. The predicted molar refractivity (Wildman–Crippen MR) is 93.0 cm³/mol. The van der Waals surface area contributed by atoms with Gasteiger partial charge in [-0.25, -0.2) is 0 Å². The zero-order chi connectivity index (χ0) is 14.4. The van der Waals surface area contributed by atoms with Crippen molar-refractivity contribution in [2.45, 2.75) is 78.6 Å². The second-order valence-corrected chi connectivity index (χ2v) is 9.21. The van der Waals surface area contributed by atoms with Crippen LogP contribution < -0.4 is 0 Å². The van der Waals surface area contributed by atoms with Crippen LogP contribution in [-0.4, -0.2) is 23.2 Å². The molecular formula is C16H34OS2. The number of aliphatic hydroxyl groups is 1. The normalized spacial score (nSPS) is 12.0. The van der Waals surface area contributed by atoms with Crippen LogP contribution in [0.3, 0.4) is 0 Å². The molecule has 0 radical (unpaired) electrons. The highest BCUT2D eigenvalue weighted by Gasteiger charge is 2.08. The van der Waals surface area contributed by atoms with Gasteiger partial charge in [-0.3, -0.25) is 0 Å². The summed E-state index contributed by atoms with van der Waals surface area (Å²) in [5, 5.41) is 8.66. The average Bonchev–Trinajstić information content (AvgIpc) is 2.34. The minimum absolute atomic E-state index is 0.358. The van der Waals surface area contributed by atoms with Gasteiger partial charge in [0.05, 0.1) is 0 Å². The summed E-state index contributed by atoms with van der Waals surface area (Å²) in [6.07, 6.45) is 11.7. The van der Waals surface area contributed by atoms with E-state index in [0.717, 1.165) is 6.42 Å². The molecule has 116 valence electrons. The largest absolute Gasteiger partial charge is 0.396 e. The molecule has 0 saturated heterocycles. The first-order valence-electron chi connectivity index (χ1n) is 7.91. The monoisotopic (exact) mass is 306 g/mol. The highest BCUT2D eigenvalue weighted by Crippen LogP contribution is 2.25. The number of hydrogen-bond acceptors (Lipinski definition) is 3. The second-order valence-electron chi connectivity index (χ2n) is 6.51. The lowest BCUT2D eigenvalue weighted by molar-refractivity contribution is 0.283. The number of unbranched alkanes of at least 4 members (excludes halogenated alkanes) is 6. The summed E-state index contributed by atoms with van der Waals surface area (Å²) in [5.41, 5.74) is 0.515. The lowest BCUT2D eigenvalue weighted by Gasteiger charge is -2.17. The predicted octanol–water partition coefficient (Wildman–Crippen LogP) is 5.92. The van der Waals surface area contributed by atoms with Crippen molar-refractivity contribution in [3.63, 3.8) is 0 Å². The van der Waals surface area contributed by atoms with E-state index in [0.29, 0.717) is 12.0 Å². The van der Waals surface area contributed by atoms with E-state index in [2.05, 4.69) is 20.8 Å². The van der Waals surface area contributed by atoms with Gasteiger partial charge >= 0.3 is 0 Å². The van der Waals surface area contributed by atoms with Gasteiger partial charge in [-0.05, 0) is 31.1 Å². The van der Waals surface area contributed by atoms with Crippen molar-refractivity contribution >= 4 is 21.6 Å². The fourth-order valence-electron chi connectivity index (χ4n) is 1.91. The van der Waals surface area contributed by atoms with Gasteiger partial charge in [0.15, 0.2) is 0 Å². The first-order chi connectivity index (χ1) is 9.06. The highest BCUT2D eigenvalue weighted by molar-refractivity contribution is 8.76. The van der Waals surface area contributed by atoms with E-state index in [-0.39, 0.29) is 0 Å². The molecule has 0 aromatic heterocycles. The number of hydrogen-bond donors (Lipinski definition) is 1. The summed E-state index contributed by atoms with van der Waals surface area (Å²) in [6, 6.07) is 0. The molecule has 0 bridgehead atoms. The maximum absolute atomic E-state index is 8.66. The van der Waals surface area contributed by atoms with Gasteiger partial charge in [-0.15, -0.1) is 0 Å². The van der Waals surface area contributed by atoms with Crippen molar-refractivity contribution in [2.75, 3.05) is 18.1 Å². The summed E-state index contributed by atoms with van der Waals surface area (Å²) in [7, 11) is 4.08. The molecule has 0 rings (SSSR count). The van der Waals surface area contributed by atoms with E-state index in [4.69, 9.17) is 5.11 Å². The quantitative estimate of drug-likeness (QED) is 0.337. The molecule has 0 spiro atoms. The lowest BCUT2D eigenvalue weighted by Crippen LogP contribution is -2.03. The molecule has 0 atom stereocenters. The Bertz CT molecular complexity index is 178. The van der Waals surface area contributed by atoms with E-state index >= 15 is 0 Å². The van der Waals surface area contributed by atoms with Crippen LogP contribution in [-0.2, 0) is 0 Å². The third kappa shape index (κ3) is 18.7. The van der Waals surface area contributed by atoms with Gasteiger partial charge < -0.3 is 5.11 Å². The Morgan fingerprint density at radius 1 is 0.684 bits per heavy atom. The smallest absolute Gasteiger partial charge is 0.0431 e. The Morgan fingerprint density at radius 3 is 1.63 bits per heavy atom. The Balaban J connectivity index is 2.99. The minimum Gasteiger partial charge on any atom is -0.396 e. The molecule has 3 heteroatoms. The fraction of sp³-hybridized carbons (Fsp3) is 1.00. The van der Waals surface area contributed by atoms with Crippen LogP contribution in [0, 0.1) is 5.41 Å². The molecule has 1 N–H and O–H groups in total. The van der Waals surface area contributed by atoms with E-state index in [9.17, 15) is 0 Å². The molecule has 1 nitrogen and oxygen atoms in total. The van der Waals surface area contributed by atoms with Crippen molar-refractivity contribution in [1.29, 1.82) is 0 Å². The molecule has 0 saturated carbocycles. The van der Waals surface area contributed by atoms with E-state index in [1.54, 1.807) is 0 Å². The summed E-state index contributed by atoms with van der Waals surface area (Å²) in [6.45, 7) is 7.36. The first kappa shape index (κ1) is 19.7. The van der Waals surface area contributed by atoms with Gasteiger partial charge in [-0.1, -0.05) is 74.5 Å². The Morgan fingerprint density at radius 2 is 1.16 bits per heavy atom. The summed E-state index contributed by atoms with van der Waals surface area (Å²) >= 11 is 0. The zero-order valence-electron chi connectivity index (χ0n) is 13.2. The summed E-state index contributed by atoms with van der Waals surface area (Å²) < 4.78 is 0. The summed E-state index contributed by atoms with van der Waals surface area (Å²) in [5.74, 6) is 2.59. The average molecular weight is 307 g/mol. The van der Waals surface area contributed by atoms with Gasteiger partial charge in [0.2, 0.25) is 0 Å². The van der Waals surface area contributed by atoms with Crippen LogP contribution >= 0.6 is 21.6 Å². The molecule has 0 aromatic rings. The summed E-state index contributed by atoms with van der Waals surface area (Å²) in [4.78, 5) is 0. The van der Waals surface area contributed by atoms with Gasteiger partial charge in [0.1, 0.15) is 0 Å². The van der Waals surface area contributed by atoms with Crippen LogP contribution in [0.4, 0.5) is 0 Å². The van der Waals surface area contributed by atoms with Crippen LogP contribution in [0.5, 0.6) is 0 Å². The molecule has 0 heterocycles. The molecule has 0 aliphatic rings. The van der Waals surface area contributed by atoms with E-state index < -0.39 is 0 Å². The van der Waals surface area contributed by atoms with Crippen LogP contribution in [0.2, 0.25) is 0 Å². The SMILES string of the molecule is CC(C)(C)CCCCCCSSCCCCCCO. The van der Waals surface area contributed by atoms with Crippen molar-refractivity contribution in [2.24, 2.45) is 5.41 Å². The third-order valence-electron chi connectivity index (χ3n) is 3.12. The van der Waals surface area contributed by atoms with Crippen LogP contribution in [0.25, 0.3) is 0 Å². The molecule has 0 amide bonds. The van der Waals surface area contributed by atoms with Gasteiger partial charge in [-0.2, -0.15) is 0 Å². The number of aliphatic hydroxyl groups excluding tert-OH is 1. The molecule has 0 unspecified atom stereocenters. The zero-order valence-corrected chi connectivity index (χ0v) is 14.9. The molecule has 0 aliphatic carbocycles. The Labute approximate surface area is 129 Å². The molecule has 0 aliphatic heterocycles. The maximum atomic E-state index is 8.66. The standard InChI is InChI=1S/C16H34OS2/c1-16(2,3)12-8-4-6-10-14-18-19-15-11-7-5-9-13-17/h17H,4-15H2,1-3H3. The fourth-order valence-corrected chi connectivity index (χ4v) is 4.21. The lowest BCUT2D eigenvalue weighted by atomic mass is 9.89. The molecule has 0 aromatic carbocycles. The second kappa shape index (κ2) is 13.6. The van der Waals surface area contributed by atoms with Crippen molar-refractivity contribution in [1.82, 2.24) is 0 Å². The molecule has 19 heavy (non-hydrogen) atoms. The van der Waals surface area contributed by atoms with Gasteiger partial charge in [0, 0.05) is 18.1 Å². The highest BCUT2D eigenvalue weighted by atomic mass is 33.1. The van der Waals surface area contributed by atoms with Gasteiger partial charge in [0.25, 0.3) is 0 Å². The van der Waals surface area contributed by atoms with Crippen LogP contribution in [0.15, 0.2) is 0 Å². The first-order valence-corrected chi connectivity index (χ1v) is 10.4. The third-order valence-corrected chi connectivity index (χ3v) is 5.70.